The highest BCUT2D eigenvalue weighted by Gasteiger charge is 2.33. The van der Waals surface area contributed by atoms with Gasteiger partial charge in [-0.2, -0.15) is 0 Å². The molecule has 0 bridgehead atoms. The molecule has 3 rings (SSSR count). The Morgan fingerprint density at radius 3 is 2.06 bits per heavy atom. The van der Waals surface area contributed by atoms with E-state index in [0.717, 1.165) is 5.56 Å². The second kappa shape index (κ2) is 12.5. The van der Waals surface area contributed by atoms with Crippen molar-refractivity contribution in [2.24, 2.45) is 0 Å². The lowest BCUT2D eigenvalue weighted by Gasteiger charge is -2.34. The van der Waals surface area contributed by atoms with E-state index in [1.54, 1.807) is 42.5 Å². The van der Waals surface area contributed by atoms with Crippen LogP contribution in [0.25, 0.3) is 0 Å². The van der Waals surface area contributed by atoms with Crippen LogP contribution < -0.4 is 10.1 Å². The number of nitrogens with zero attached hydrogens (tertiary/aromatic N) is 1. The summed E-state index contributed by atoms with van der Waals surface area (Å²) in [4.78, 5) is 28.7. The molecule has 5 nitrogen and oxygen atoms in total. The minimum absolute atomic E-state index is 0.0261. The lowest BCUT2D eigenvalue weighted by molar-refractivity contribution is -0.143. The van der Waals surface area contributed by atoms with Crippen molar-refractivity contribution in [3.63, 3.8) is 0 Å². The fraction of sp³-hybridized carbons (Fsp3) is 0.286. The zero-order valence-corrected chi connectivity index (χ0v) is 22.7. The summed E-state index contributed by atoms with van der Waals surface area (Å²) < 4.78 is 5.74. The van der Waals surface area contributed by atoms with Crippen LogP contribution in [0.5, 0.6) is 5.75 Å². The molecule has 8 heteroatoms. The summed E-state index contributed by atoms with van der Waals surface area (Å²) in [5, 5.41) is 4.21. The first-order chi connectivity index (χ1) is 17.0. The van der Waals surface area contributed by atoms with Gasteiger partial charge in [0.15, 0.2) is 6.61 Å². The lowest BCUT2D eigenvalue weighted by atomic mass is 10.0. The number of rotatable bonds is 9. The summed E-state index contributed by atoms with van der Waals surface area (Å²) >= 11 is 19.1. The van der Waals surface area contributed by atoms with Gasteiger partial charge in [0, 0.05) is 34.1 Å². The van der Waals surface area contributed by atoms with Crippen LogP contribution in [0.2, 0.25) is 15.1 Å². The number of para-hydroxylation sites is 1. The van der Waals surface area contributed by atoms with Crippen LogP contribution in [-0.4, -0.2) is 34.9 Å². The molecule has 0 aromatic heterocycles. The quantitative estimate of drug-likeness (QED) is 0.329. The largest absolute Gasteiger partial charge is 0.482 e. The Hall–Kier alpha value is -2.73. The molecule has 190 valence electrons. The molecule has 1 atom stereocenters. The summed E-state index contributed by atoms with van der Waals surface area (Å²) in [6, 6.07) is 20.7. The number of carbonyl (C=O) groups excluding carboxylic acids is 2. The molecule has 0 saturated carbocycles. The van der Waals surface area contributed by atoms with Crippen molar-refractivity contribution in [1.82, 2.24) is 10.2 Å². The van der Waals surface area contributed by atoms with Crippen LogP contribution in [0.15, 0.2) is 72.8 Å². The first-order valence-electron chi connectivity index (χ1n) is 11.5. The molecule has 0 saturated heterocycles. The Morgan fingerprint density at radius 1 is 0.861 bits per heavy atom. The Balaban J connectivity index is 1.99. The molecule has 3 aromatic rings. The molecule has 0 radical (unpaired) electrons. The van der Waals surface area contributed by atoms with Gasteiger partial charge in [-0.15, -0.1) is 0 Å². The minimum Gasteiger partial charge on any atom is -0.482 e. The van der Waals surface area contributed by atoms with Gasteiger partial charge >= 0.3 is 0 Å². The summed E-state index contributed by atoms with van der Waals surface area (Å²) in [5.74, 6) is -0.321. The standard InChI is InChI=1S/C28H29Cl3N2O3/c1-28(2,3)32-27(35)24(16-19-10-5-4-6-11-19)33(17-20-21(29)13-9-14-22(20)30)26(34)18-36-25-15-8-7-12-23(25)31/h4-15,24H,16-18H2,1-3H3,(H,32,35)/t24-/m0/s1. The number of hydrogen-bond acceptors (Lipinski definition) is 3. The van der Waals surface area contributed by atoms with Crippen molar-refractivity contribution in [2.45, 2.75) is 45.3 Å². The molecular formula is C28H29Cl3N2O3. The predicted molar refractivity (Wildman–Crippen MR) is 146 cm³/mol. The van der Waals surface area contributed by atoms with Crippen LogP contribution in [0.1, 0.15) is 31.9 Å². The minimum atomic E-state index is -0.846. The average molecular weight is 548 g/mol. The van der Waals surface area contributed by atoms with Gasteiger partial charge in [-0.25, -0.2) is 0 Å². The molecule has 0 fully saturated rings. The van der Waals surface area contributed by atoms with Gasteiger partial charge in [0.05, 0.1) is 5.02 Å². The van der Waals surface area contributed by atoms with Crippen LogP contribution in [0, 0.1) is 0 Å². The highest BCUT2D eigenvalue weighted by Crippen LogP contribution is 2.28. The smallest absolute Gasteiger partial charge is 0.261 e. The third kappa shape index (κ3) is 7.89. The van der Waals surface area contributed by atoms with E-state index < -0.39 is 17.5 Å². The normalized spacial score (nSPS) is 12.1. The van der Waals surface area contributed by atoms with Crippen LogP contribution >= 0.6 is 34.8 Å². The van der Waals surface area contributed by atoms with E-state index in [2.05, 4.69) is 5.32 Å². The topological polar surface area (TPSA) is 58.6 Å². The fourth-order valence-electron chi connectivity index (χ4n) is 3.64. The lowest BCUT2D eigenvalue weighted by Crippen LogP contribution is -2.55. The monoisotopic (exact) mass is 546 g/mol. The number of hydrogen-bond donors (Lipinski definition) is 1. The third-order valence-electron chi connectivity index (χ3n) is 5.35. The number of amides is 2. The van der Waals surface area contributed by atoms with Crippen molar-refractivity contribution >= 4 is 46.6 Å². The number of halogens is 3. The van der Waals surface area contributed by atoms with Crippen LogP contribution in [0.3, 0.4) is 0 Å². The third-order valence-corrected chi connectivity index (χ3v) is 6.37. The summed E-state index contributed by atoms with van der Waals surface area (Å²) in [6.07, 6.45) is 0.294. The van der Waals surface area contributed by atoms with Crippen molar-refractivity contribution in [3.05, 3.63) is 99.0 Å². The van der Waals surface area contributed by atoms with Gasteiger partial charge < -0.3 is 15.0 Å². The van der Waals surface area contributed by atoms with Gasteiger partial charge in [-0.1, -0.05) is 83.3 Å². The molecule has 2 amide bonds. The number of ether oxygens (including phenoxy) is 1. The molecule has 0 aliphatic heterocycles. The molecule has 36 heavy (non-hydrogen) atoms. The maximum Gasteiger partial charge on any atom is 0.261 e. The van der Waals surface area contributed by atoms with Crippen molar-refractivity contribution < 1.29 is 14.3 Å². The summed E-state index contributed by atoms with van der Waals surface area (Å²) in [6.45, 7) is 5.38. The Kier molecular flexibility index (Phi) is 9.66. The summed E-state index contributed by atoms with van der Waals surface area (Å²) in [5.41, 5.74) is 0.951. The molecule has 0 spiro atoms. The number of benzene rings is 3. The molecule has 1 N–H and O–H groups in total. The van der Waals surface area contributed by atoms with E-state index in [4.69, 9.17) is 39.5 Å². The predicted octanol–water partition coefficient (Wildman–Crippen LogP) is 6.58. The zero-order chi connectivity index (χ0) is 26.3. The van der Waals surface area contributed by atoms with E-state index in [9.17, 15) is 9.59 Å². The van der Waals surface area contributed by atoms with Crippen molar-refractivity contribution in [1.29, 1.82) is 0 Å². The van der Waals surface area contributed by atoms with Crippen molar-refractivity contribution in [3.8, 4) is 5.75 Å². The van der Waals surface area contributed by atoms with E-state index in [0.29, 0.717) is 32.8 Å². The molecule has 0 unspecified atom stereocenters. The maximum atomic E-state index is 13.6. The number of carbonyl (C=O) groups is 2. The summed E-state index contributed by atoms with van der Waals surface area (Å²) in [7, 11) is 0. The molecule has 0 aliphatic carbocycles. The maximum absolute atomic E-state index is 13.6. The highest BCUT2D eigenvalue weighted by molar-refractivity contribution is 6.36. The van der Waals surface area contributed by atoms with Gasteiger partial charge in [-0.3, -0.25) is 9.59 Å². The molecular weight excluding hydrogens is 519 g/mol. The Morgan fingerprint density at radius 2 is 1.44 bits per heavy atom. The number of nitrogens with one attached hydrogen (secondary N) is 1. The van der Waals surface area contributed by atoms with Crippen molar-refractivity contribution in [2.75, 3.05) is 6.61 Å². The van der Waals surface area contributed by atoms with E-state index in [-0.39, 0.29) is 19.1 Å². The Labute approximate surface area is 227 Å². The first-order valence-corrected chi connectivity index (χ1v) is 12.6. The first kappa shape index (κ1) is 27.9. The van der Waals surface area contributed by atoms with E-state index in [1.165, 1.54) is 4.90 Å². The molecule has 0 aliphatic rings. The van der Waals surface area contributed by atoms with Gasteiger partial charge in [0.25, 0.3) is 5.91 Å². The highest BCUT2D eigenvalue weighted by atomic mass is 35.5. The molecule has 0 heterocycles. The Bertz CT molecular complexity index is 1180. The fourth-order valence-corrected chi connectivity index (χ4v) is 4.35. The second-order valence-electron chi connectivity index (χ2n) is 9.39. The second-order valence-corrected chi connectivity index (χ2v) is 10.6. The van der Waals surface area contributed by atoms with Crippen LogP contribution in [0.4, 0.5) is 0 Å². The van der Waals surface area contributed by atoms with E-state index in [1.807, 2.05) is 51.1 Å². The van der Waals surface area contributed by atoms with Crippen LogP contribution in [-0.2, 0) is 22.6 Å². The van der Waals surface area contributed by atoms with Gasteiger partial charge in [0.1, 0.15) is 11.8 Å². The van der Waals surface area contributed by atoms with E-state index >= 15 is 0 Å². The van der Waals surface area contributed by atoms with Gasteiger partial charge in [0.2, 0.25) is 5.91 Å². The zero-order valence-electron chi connectivity index (χ0n) is 20.4. The molecule has 3 aromatic carbocycles. The SMILES string of the molecule is CC(C)(C)NC(=O)[C@H](Cc1ccccc1)N(Cc1c(Cl)cccc1Cl)C(=O)COc1ccccc1Cl. The average Bonchev–Trinajstić information content (AvgIpc) is 2.82. The van der Waals surface area contributed by atoms with Gasteiger partial charge in [-0.05, 0) is 50.6 Å².